The number of nitrogens with zero attached hydrogens (tertiary/aromatic N) is 2. The molecule has 0 saturated heterocycles. The fourth-order valence-corrected chi connectivity index (χ4v) is 3.03. The number of hydrogen-bond donors (Lipinski definition) is 2. The van der Waals surface area contributed by atoms with Gasteiger partial charge in [-0.05, 0) is 45.0 Å². The third kappa shape index (κ3) is 4.74. The van der Waals surface area contributed by atoms with E-state index in [0.29, 0.717) is 11.8 Å². The van der Waals surface area contributed by atoms with Crippen LogP contribution in [-0.2, 0) is 11.8 Å². The van der Waals surface area contributed by atoms with Crippen molar-refractivity contribution in [2.24, 2.45) is 7.05 Å². The Morgan fingerprint density at radius 3 is 2.48 bits per heavy atom. The van der Waals surface area contributed by atoms with Gasteiger partial charge in [0.15, 0.2) is 5.82 Å². The van der Waals surface area contributed by atoms with Gasteiger partial charge in [-0.3, -0.25) is 9.55 Å². The number of nitrogens with one attached hydrogen (secondary N) is 2. The molecule has 1 aromatic carbocycles. The van der Waals surface area contributed by atoms with E-state index in [2.05, 4.69) is 15.3 Å². The standard InChI is InChI=1S/C20H18ClF3N4O3/c1-20(2,3)31-18(29)10-6-5-9(7-12(10)21)25-17-14(28(4)19(30)27-17)11-8-13(22)16(24)26-15(11)23/h5-8,25H,1-4H3,(H,27,30). The first-order valence-corrected chi connectivity index (χ1v) is 9.36. The van der Waals surface area contributed by atoms with Gasteiger partial charge in [-0.2, -0.15) is 13.8 Å². The minimum atomic E-state index is -1.60. The molecule has 3 aromatic rings. The average Bonchev–Trinajstić information content (AvgIpc) is 2.90. The highest BCUT2D eigenvalue weighted by Crippen LogP contribution is 2.31. The van der Waals surface area contributed by atoms with Gasteiger partial charge >= 0.3 is 11.7 Å². The molecule has 0 spiro atoms. The van der Waals surface area contributed by atoms with Gasteiger partial charge in [0.25, 0.3) is 5.95 Å². The highest BCUT2D eigenvalue weighted by molar-refractivity contribution is 6.33. The number of aromatic nitrogens is 3. The van der Waals surface area contributed by atoms with Crippen molar-refractivity contribution in [1.29, 1.82) is 0 Å². The number of aromatic amines is 1. The molecular formula is C20H18ClF3N4O3. The number of H-pyrrole nitrogens is 1. The number of esters is 1. The molecule has 0 bridgehead atoms. The molecule has 0 aliphatic rings. The number of benzene rings is 1. The average molecular weight is 455 g/mol. The van der Waals surface area contributed by atoms with Crippen LogP contribution in [-0.4, -0.2) is 26.1 Å². The van der Waals surface area contributed by atoms with Crippen molar-refractivity contribution in [2.75, 3.05) is 5.32 Å². The number of imidazole rings is 1. The maximum Gasteiger partial charge on any atom is 0.340 e. The highest BCUT2D eigenvalue weighted by Gasteiger charge is 2.23. The van der Waals surface area contributed by atoms with Crippen molar-refractivity contribution in [3.8, 4) is 11.3 Å². The van der Waals surface area contributed by atoms with E-state index >= 15 is 0 Å². The van der Waals surface area contributed by atoms with E-state index in [1.54, 1.807) is 20.8 Å². The molecule has 0 amide bonds. The maximum atomic E-state index is 14.2. The minimum Gasteiger partial charge on any atom is -0.456 e. The molecule has 0 radical (unpaired) electrons. The predicted molar refractivity (Wildman–Crippen MR) is 109 cm³/mol. The van der Waals surface area contributed by atoms with Crippen molar-refractivity contribution >= 4 is 29.1 Å². The van der Waals surface area contributed by atoms with Crippen LogP contribution in [0.3, 0.4) is 0 Å². The van der Waals surface area contributed by atoms with E-state index in [0.717, 1.165) is 4.57 Å². The molecule has 2 aromatic heterocycles. The number of ether oxygens (including phenoxy) is 1. The number of anilines is 2. The lowest BCUT2D eigenvalue weighted by Crippen LogP contribution is -2.24. The molecule has 164 valence electrons. The molecular weight excluding hydrogens is 437 g/mol. The van der Waals surface area contributed by atoms with Gasteiger partial charge in [0, 0.05) is 12.7 Å². The van der Waals surface area contributed by atoms with Crippen LogP contribution in [0.5, 0.6) is 0 Å². The molecule has 3 rings (SSSR count). The van der Waals surface area contributed by atoms with Gasteiger partial charge in [0.1, 0.15) is 11.4 Å². The molecule has 7 nitrogen and oxygen atoms in total. The molecule has 0 aliphatic heterocycles. The second-order valence-electron chi connectivity index (χ2n) is 7.63. The molecule has 2 heterocycles. The zero-order chi connectivity index (χ0) is 23.1. The number of rotatable bonds is 4. The quantitative estimate of drug-likeness (QED) is 0.446. The van der Waals surface area contributed by atoms with Crippen LogP contribution >= 0.6 is 11.6 Å². The first-order valence-electron chi connectivity index (χ1n) is 8.98. The first-order chi connectivity index (χ1) is 14.4. The number of halogens is 4. The third-order valence-corrected chi connectivity index (χ3v) is 4.42. The van der Waals surface area contributed by atoms with E-state index in [1.165, 1.54) is 25.2 Å². The molecule has 0 unspecified atom stereocenters. The molecule has 11 heteroatoms. The summed E-state index contributed by atoms with van der Waals surface area (Å²) in [6.07, 6.45) is 0. The van der Waals surface area contributed by atoms with Crippen molar-refractivity contribution in [3.05, 3.63) is 63.0 Å². The lowest BCUT2D eigenvalue weighted by Gasteiger charge is -2.20. The fourth-order valence-electron chi connectivity index (χ4n) is 2.77. The van der Waals surface area contributed by atoms with Crippen molar-refractivity contribution in [2.45, 2.75) is 26.4 Å². The highest BCUT2D eigenvalue weighted by atomic mass is 35.5. The van der Waals surface area contributed by atoms with E-state index in [4.69, 9.17) is 16.3 Å². The Bertz CT molecular complexity index is 1230. The zero-order valence-electron chi connectivity index (χ0n) is 16.9. The summed E-state index contributed by atoms with van der Waals surface area (Å²) in [5.41, 5.74) is -1.42. The van der Waals surface area contributed by atoms with E-state index < -0.39 is 40.5 Å². The topological polar surface area (TPSA) is 89.0 Å². The number of carbonyl (C=O) groups excluding carboxylic acids is 1. The number of carbonyl (C=O) groups is 1. The number of hydrogen-bond acceptors (Lipinski definition) is 5. The van der Waals surface area contributed by atoms with Crippen molar-refractivity contribution in [3.63, 3.8) is 0 Å². The van der Waals surface area contributed by atoms with E-state index in [-0.39, 0.29) is 22.1 Å². The van der Waals surface area contributed by atoms with Gasteiger partial charge < -0.3 is 10.1 Å². The minimum absolute atomic E-state index is 0.0136. The Morgan fingerprint density at radius 1 is 1.19 bits per heavy atom. The SMILES string of the molecule is Cn1c(-c2cc(F)c(F)nc2F)c(Nc2ccc(C(=O)OC(C)(C)C)c(Cl)c2)[nH]c1=O. The number of pyridine rings is 1. The van der Waals surface area contributed by atoms with Gasteiger partial charge in [0.05, 0.1) is 21.8 Å². The van der Waals surface area contributed by atoms with Crippen molar-refractivity contribution < 1.29 is 22.7 Å². The Balaban J connectivity index is 1.99. The summed E-state index contributed by atoms with van der Waals surface area (Å²) in [4.78, 5) is 29.7. The fraction of sp³-hybridized carbons (Fsp3) is 0.250. The van der Waals surface area contributed by atoms with Crippen LogP contribution in [0, 0.1) is 17.7 Å². The molecule has 0 saturated carbocycles. The Hall–Kier alpha value is -3.27. The van der Waals surface area contributed by atoms with Crippen LogP contribution in [0.15, 0.2) is 29.1 Å². The Morgan fingerprint density at radius 2 is 1.87 bits per heavy atom. The molecule has 0 aliphatic carbocycles. The van der Waals surface area contributed by atoms with Crippen molar-refractivity contribution in [1.82, 2.24) is 14.5 Å². The second-order valence-corrected chi connectivity index (χ2v) is 8.04. The third-order valence-electron chi connectivity index (χ3n) is 4.11. The second kappa shape index (κ2) is 8.10. The van der Waals surface area contributed by atoms with E-state index in [1.807, 2.05) is 0 Å². The maximum absolute atomic E-state index is 14.2. The predicted octanol–water partition coefficient (Wildman–Crippen LogP) is 4.55. The summed E-state index contributed by atoms with van der Waals surface area (Å²) in [6, 6.07) is 4.90. The first kappa shape index (κ1) is 22.4. The van der Waals surface area contributed by atoms with E-state index in [9.17, 15) is 22.8 Å². The van der Waals surface area contributed by atoms with Crippen LogP contribution in [0.2, 0.25) is 5.02 Å². The Kier molecular flexibility index (Phi) is 5.86. The van der Waals surface area contributed by atoms with Gasteiger partial charge in [-0.25, -0.2) is 14.0 Å². The molecule has 0 atom stereocenters. The van der Waals surface area contributed by atoms with Gasteiger partial charge in [-0.15, -0.1) is 0 Å². The summed E-state index contributed by atoms with van der Waals surface area (Å²) < 4.78 is 47.4. The van der Waals surface area contributed by atoms with Crippen LogP contribution in [0.4, 0.5) is 24.7 Å². The van der Waals surface area contributed by atoms with Crippen LogP contribution < -0.4 is 11.0 Å². The van der Waals surface area contributed by atoms with Crippen LogP contribution in [0.1, 0.15) is 31.1 Å². The smallest absolute Gasteiger partial charge is 0.340 e. The lowest BCUT2D eigenvalue weighted by atomic mass is 10.1. The summed E-state index contributed by atoms with van der Waals surface area (Å²) in [7, 11) is 1.32. The molecule has 0 fully saturated rings. The lowest BCUT2D eigenvalue weighted by molar-refractivity contribution is 0.00697. The van der Waals surface area contributed by atoms with Crippen LogP contribution in [0.25, 0.3) is 11.3 Å². The Labute approximate surface area is 179 Å². The zero-order valence-corrected chi connectivity index (χ0v) is 17.7. The largest absolute Gasteiger partial charge is 0.456 e. The molecule has 2 N–H and O–H groups in total. The summed E-state index contributed by atoms with van der Waals surface area (Å²) in [5, 5.41) is 2.89. The summed E-state index contributed by atoms with van der Waals surface area (Å²) in [6.45, 7) is 5.15. The van der Waals surface area contributed by atoms with Gasteiger partial charge in [0.2, 0.25) is 5.95 Å². The summed E-state index contributed by atoms with van der Waals surface area (Å²) in [5.74, 6) is -4.90. The van der Waals surface area contributed by atoms with Gasteiger partial charge in [-0.1, -0.05) is 11.6 Å². The normalized spacial score (nSPS) is 11.5. The summed E-state index contributed by atoms with van der Waals surface area (Å²) >= 11 is 6.20. The monoisotopic (exact) mass is 454 g/mol. The molecule has 31 heavy (non-hydrogen) atoms.